The number of hydrogen-bond acceptors (Lipinski definition) is 0. The summed E-state index contributed by atoms with van der Waals surface area (Å²) >= 11 is 6.41. The molecule has 22 heavy (non-hydrogen) atoms. The fraction of sp³-hybridized carbons (Fsp3) is 0.368. The van der Waals surface area contributed by atoms with Crippen LogP contribution in [0.25, 0.3) is 11.1 Å². The van der Waals surface area contributed by atoms with E-state index in [0.29, 0.717) is 5.02 Å². The van der Waals surface area contributed by atoms with Gasteiger partial charge in [-0.15, -0.1) is 0 Å². The SMILES string of the molecule is CC(C)C1(C(C)C)c2cc(F)c(F)cc2-c2c(Cl)cccc21. The largest absolute Gasteiger partial charge is 0.204 e. The van der Waals surface area contributed by atoms with Crippen LogP contribution in [0.1, 0.15) is 38.8 Å². The minimum atomic E-state index is -0.826. The van der Waals surface area contributed by atoms with Crippen LogP contribution in [0, 0.1) is 23.5 Å². The summed E-state index contributed by atoms with van der Waals surface area (Å²) < 4.78 is 27.8. The van der Waals surface area contributed by atoms with Gasteiger partial charge in [0, 0.05) is 16.0 Å². The Kier molecular flexibility index (Phi) is 3.56. The molecule has 1 aliphatic carbocycles. The van der Waals surface area contributed by atoms with Crippen molar-refractivity contribution in [3.05, 3.63) is 58.1 Å². The number of benzene rings is 2. The molecule has 0 saturated carbocycles. The van der Waals surface area contributed by atoms with E-state index in [1.807, 2.05) is 18.2 Å². The Hall–Kier alpha value is -1.41. The average Bonchev–Trinajstić information content (AvgIpc) is 2.71. The smallest absolute Gasteiger partial charge is 0.159 e. The maximum absolute atomic E-state index is 14.0. The van der Waals surface area contributed by atoms with Crippen molar-refractivity contribution in [2.24, 2.45) is 11.8 Å². The fourth-order valence-corrected chi connectivity index (χ4v) is 4.57. The number of fused-ring (bicyclic) bond motifs is 3. The molecule has 0 atom stereocenters. The summed E-state index contributed by atoms with van der Waals surface area (Å²) in [6.45, 7) is 8.50. The molecule has 0 radical (unpaired) electrons. The third-order valence-electron chi connectivity index (χ3n) is 5.06. The third-order valence-corrected chi connectivity index (χ3v) is 5.37. The van der Waals surface area contributed by atoms with Gasteiger partial charge in [-0.3, -0.25) is 0 Å². The topological polar surface area (TPSA) is 0 Å². The Labute approximate surface area is 135 Å². The van der Waals surface area contributed by atoms with Gasteiger partial charge in [-0.25, -0.2) is 8.78 Å². The van der Waals surface area contributed by atoms with E-state index < -0.39 is 11.6 Å². The van der Waals surface area contributed by atoms with Gasteiger partial charge in [0.2, 0.25) is 0 Å². The van der Waals surface area contributed by atoms with Gasteiger partial charge in [0.15, 0.2) is 11.6 Å². The van der Waals surface area contributed by atoms with Crippen molar-refractivity contribution in [3.63, 3.8) is 0 Å². The molecule has 2 aromatic carbocycles. The minimum Gasteiger partial charge on any atom is -0.204 e. The lowest BCUT2D eigenvalue weighted by Crippen LogP contribution is -2.37. The molecule has 0 amide bonds. The first-order valence-corrected chi connectivity index (χ1v) is 7.98. The molecule has 0 unspecified atom stereocenters. The molecular weight excluding hydrogens is 302 g/mol. The quantitative estimate of drug-likeness (QED) is 0.618. The number of halogens is 3. The van der Waals surface area contributed by atoms with E-state index >= 15 is 0 Å². The fourth-order valence-electron chi connectivity index (χ4n) is 4.29. The van der Waals surface area contributed by atoms with Gasteiger partial charge in [-0.2, -0.15) is 0 Å². The van der Waals surface area contributed by atoms with Crippen LogP contribution in [0.2, 0.25) is 5.02 Å². The molecule has 0 aromatic heterocycles. The Morgan fingerprint density at radius 1 is 0.909 bits per heavy atom. The minimum absolute atomic E-state index is 0.232. The molecule has 0 saturated heterocycles. The first kappa shape index (κ1) is 15.5. The van der Waals surface area contributed by atoms with Crippen LogP contribution >= 0.6 is 11.6 Å². The molecule has 0 N–H and O–H groups in total. The maximum atomic E-state index is 14.0. The standard InChI is InChI=1S/C19H19ClF2/c1-10(2)19(11(3)4)13-6-5-7-15(20)18(13)12-8-16(21)17(22)9-14(12)19/h5-11H,1-4H3. The Morgan fingerprint density at radius 3 is 2.09 bits per heavy atom. The number of hydrogen-bond donors (Lipinski definition) is 0. The van der Waals surface area contributed by atoms with Crippen molar-refractivity contribution in [2.75, 3.05) is 0 Å². The summed E-state index contributed by atoms with van der Waals surface area (Å²) in [5.41, 5.74) is 3.14. The maximum Gasteiger partial charge on any atom is 0.159 e. The lowest BCUT2D eigenvalue weighted by molar-refractivity contribution is 0.279. The van der Waals surface area contributed by atoms with Crippen LogP contribution in [0.5, 0.6) is 0 Å². The van der Waals surface area contributed by atoms with Crippen LogP contribution in [0.4, 0.5) is 8.78 Å². The molecule has 1 aliphatic rings. The van der Waals surface area contributed by atoms with Gasteiger partial charge in [0.25, 0.3) is 0 Å². The van der Waals surface area contributed by atoms with Gasteiger partial charge in [-0.05, 0) is 46.7 Å². The predicted octanol–water partition coefficient (Wildman–Crippen LogP) is 6.20. The third kappa shape index (κ3) is 1.80. The van der Waals surface area contributed by atoms with E-state index in [1.165, 1.54) is 12.1 Å². The normalized spacial score (nSPS) is 15.3. The highest BCUT2D eigenvalue weighted by atomic mass is 35.5. The summed E-state index contributed by atoms with van der Waals surface area (Å²) in [5, 5.41) is 0.591. The molecule has 3 rings (SSSR count). The van der Waals surface area contributed by atoms with Crippen LogP contribution in [-0.2, 0) is 5.41 Å². The van der Waals surface area contributed by atoms with Crippen molar-refractivity contribution < 1.29 is 8.78 Å². The van der Waals surface area contributed by atoms with Gasteiger partial charge in [-0.1, -0.05) is 51.4 Å². The molecule has 116 valence electrons. The van der Waals surface area contributed by atoms with Gasteiger partial charge in [0.05, 0.1) is 0 Å². The van der Waals surface area contributed by atoms with Gasteiger partial charge in [0.1, 0.15) is 0 Å². The molecule has 0 spiro atoms. The second-order valence-electron chi connectivity index (χ2n) is 6.65. The Balaban J connectivity index is 2.50. The molecule has 0 aliphatic heterocycles. The molecule has 2 aromatic rings. The van der Waals surface area contributed by atoms with E-state index in [4.69, 9.17) is 11.6 Å². The van der Waals surface area contributed by atoms with Crippen LogP contribution in [0.15, 0.2) is 30.3 Å². The monoisotopic (exact) mass is 320 g/mol. The zero-order chi connectivity index (χ0) is 16.2. The summed E-state index contributed by atoms with van der Waals surface area (Å²) in [6.07, 6.45) is 0. The van der Waals surface area contributed by atoms with Crippen LogP contribution < -0.4 is 0 Å². The average molecular weight is 321 g/mol. The van der Waals surface area contributed by atoms with E-state index in [-0.39, 0.29) is 17.3 Å². The van der Waals surface area contributed by atoms with Gasteiger partial charge >= 0.3 is 0 Å². The number of rotatable bonds is 2. The van der Waals surface area contributed by atoms with Crippen molar-refractivity contribution in [1.82, 2.24) is 0 Å². The Bertz CT molecular complexity index is 739. The lowest BCUT2D eigenvalue weighted by Gasteiger charge is -2.40. The highest BCUT2D eigenvalue weighted by Gasteiger charge is 2.48. The zero-order valence-corrected chi connectivity index (χ0v) is 13.9. The van der Waals surface area contributed by atoms with Gasteiger partial charge < -0.3 is 0 Å². The zero-order valence-electron chi connectivity index (χ0n) is 13.2. The molecule has 0 fully saturated rings. The summed E-state index contributed by atoms with van der Waals surface area (Å²) in [7, 11) is 0. The van der Waals surface area contributed by atoms with Crippen molar-refractivity contribution in [3.8, 4) is 11.1 Å². The first-order chi connectivity index (χ1) is 10.3. The summed E-state index contributed by atoms with van der Waals surface area (Å²) in [5.74, 6) is -1.16. The molecule has 3 heteroatoms. The van der Waals surface area contributed by atoms with Crippen molar-refractivity contribution in [1.29, 1.82) is 0 Å². The lowest BCUT2D eigenvalue weighted by atomic mass is 9.63. The second-order valence-corrected chi connectivity index (χ2v) is 7.06. The highest BCUT2D eigenvalue weighted by molar-refractivity contribution is 6.33. The highest BCUT2D eigenvalue weighted by Crippen LogP contribution is 2.58. The van der Waals surface area contributed by atoms with E-state index in [9.17, 15) is 8.78 Å². The summed E-state index contributed by atoms with van der Waals surface area (Å²) in [6, 6.07) is 8.42. The van der Waals surface area contributed by atoms with E-state index in [2.05, 4.69) is 27.7 Å². The first-order valence-electron chi connectivity index (χ1n) is 7.60. The predicted molar refractivity (Wildman–Crippen MR) is 87.3 cm³/mol. The van der Waals surface area contributed by atoms with Crippen LogP contribution in [-0.4, -0.2) is 0 Å². The van der Waals surface area contributed by atoms with Crippen molar-refractivity contribution in [2.45, 2.75) is 33.1 Å². The van der Waals surface area contributed by atoms with E-state index in [0.717, 1.165) is 22.3 Å². The van der Waals surface area contributed by atoms with Crippen molar-refractivity contribution >= 4 is 11.6 Å². The molecule has 0 nitrogen and oxygen atoms in total. The molecule has 0 heterocycles. The molecule has 0 bridgehead atoms. The second kappa shape index (κ2) is 5.06. The summed E-state index contributed by atoms with van der Waals surface area (Å²) in [4.78, 5) is 0. The van der Waals surface area contributed by atoms with Crippen LogP contribution in [0.3, 0.4) is 0 Å². The van der Waals surface area contributed by atoms with E-state index in [1.54, 1.807) is 0 Å². The Morgan fingerprint density at radius 2 is 1.50 bits per heavy atom. The molecular formula is C19H19ClF2.